The van der Waals surface area contributed by atoms with Crippen LogP contribution in [-0.4, -0.2) is 12.6 Å². The van der Waals surface area contributed by atoms with Crippen LogP contribution < -0.4 is 11.1 Å². The third-order valence-electron chi connectivity index (χ3n) is 3.85. The normalized spacial score (nSPS) is 19.7. The van der Waals surface area contributed by atoms with Crippen LogP contribution in [0.15, 0.2) is 24.8 Å². The molecular formula is C16H24N2. The van der Waals surface area contributed by atoms with E-state index in [4.69, 9.17) is 5.73 Å². The highest BCUT2D eigenvalue weighted by Gasteiger charge is 2.14. The summed E-state index contributed by atoms with van der Waals surface area (Å²) in [6.07, 6.45) is 6.28. The zero-order valence-corrected chi connectivity index (χ0v) is 11.3. The van der Waals surface area contributed by atoms with E-state index >= 15 is 0 Å². The van der Waals surface area contributed by atoms with E-state index in [-0.39, 0.29) is 0 Å². The average Bonchev–Trinajstić information content (AvgIpc) is 2.37. The molecule has 1 fully saturated rings. The monoisotopic (exact) mass is 244 g/mol. The maximum absolute atomic E-state index is 5.91. The predicted octanol–water partition coefficient (Wildman–Crippen LogP) is 3.00. The van der Waals surface area contributed by atoms with Crippen LogP contribution >= 0.6 is 0 Å². The fourth-order valence-corrected chi connectivity index (χ4v) is 2.90. The van der Waals surface area contributed by atoms with Gasteiger partial charge in [0.25, 0.3) is 0 Å². The van der Waals surface area contributed by atoms with Gasteiger partial charge in [-0.2, -0.15) is 0 Å². The Morgan fingerprint density at radius 2 is 2.28 bits per heavy atom. The molecule has 3 N–H and O–H groups in total. The van der Waals surface area contributed by atoms with E-state index < -0.39 is 0 Å². The summed E-state index contributed by atoms with van der Waals surface area (Å²) in [6.45, 7) is 7.19. The number of nitrogens with one attached hydrogen (secondary N) is 1. The minimum Gasteiger partial charge on any atom is -0.399 e. The third-order valence-corrected chi connectivity index (χ3v) is 3.85. The molecule has 1 aliphatic heterocycles. The van der Waals surface area contributed by atoms with Gasteiger partial charge in [0.1, 0.15) is 0 Å². The van der Waals surface area contributed by atoms with E-state index in [1.54, 1.807) is 0 Å². The first kappa shape index (κ1) is 13.2. The van der Waals surface area contributed by atoms with Gasteiger partial charge in [-0.05, 0) is 50.3 Å². The minimum atomic E-state index is 0.679. The summed E-state index contributed by atoms with van der Waals surface area (Å²) in [7, 11) is 0. The summed E-state index contributed by atoms with van der Waals surface area (Å²) >= 11 is 0. The van der Waals surface area contributed by atoms with Crippen LogP contribution in [0.5, 0.6) is 0 Å². The molecule has 1 aliphatic rings. The van der Waals surface area contributed by atoms with Crippen LogP contribution in [0.2, 0.25) is 0 Å². The Balaban J connectivity index is 2.04. The molecule has 0 spiro atoms. The smallest absolute Gasteiger partial charge is 0.0320 e. The highest BCUT2D eigenvalue weighted by molar-refractivity contribution is 5.66. The molecule has 2 rings (SSSR count). The molecule has 0 aromatic heterocycles. The molecule has 0 saturated carbocycles. The molecule has 0 aliphatic carbocycles. The third kappa shape index (κ3) is 3.14. The maximum Gasteiger partial charge on any atom is 0.0320 e. The molecular weight excluding hydrogens is 220 g/mol. The lowest BCUT2D eigenvalue weighted by Gasteiger charge is -2.24. The van der Waals surface area contributed by atoms with E-state index in [9.17, 15) is 0 Å². The van der Waals surface area contributed by atoms with Gasteiger partial charge in [-0.25, -0.2) is 0 Å². The minimum absolute atomic E-state index is 0.679. The number of hydrogen-bond acceptors (Lipinski definition) is 2. The Kier molecular flexibility index (Phi) is 4.43. The van der Waals surface area contributed by atoms with Crippen LogP contribution in [-0.2, 0) is 6.42 Å². The first-order valence-corrected chi connectivity index (χ1v) is 6.95. The lowest BCUT2D eigenvalue weighted by Crippen LogP contribution is -2.34. The van der Waals surface area contributed by atoms with Crippen LogP contribution in [0.25, 0.3) is 5.70 Å². The Labute approximate surface area is 110 Å². The predicted molar refractivity (Wildman–Crippen MR) is 78.4 cm³/mol. The first-order chi connectivity index (χ1) is 8.68. The Morgan fingerprint density at radius 1 is 1.44 bits per heavy atom. The molecule has 0 radical (unpaired) electrons. The van der Waals surface area contributed by atoms with E-state index in [0.717, 1.165) is 12.0 Å². The van der Waals surface area contributed by atoms with Crippen molar-refractivity contribution in [2.75, 3.05) is 6.54 Å². The van der Waals surface area contributed by atoms with Crippen LogP contribution in [0, 0.1) is 6.92 Å². The van der Waals surface area contributed by atoms with Crippen molar-refractivity contribution in [3.05, 3.63) is 41.5 Å². The van der Waals surface area contributed by atoms with Gasteiger partial charge in [-0.15, -0.1) is 0 Å². The van der Waals surface area contributed by atoms with Crippen molar-refractivity contribution < 1.29 is 0 Å². The van der Waals surface area contributed by atoms with Crippen molar-refractivity contribution in [2.45, 2.75) is 45.1 Å². The Morgan fingerprint density at radius 3 is 2.94 bits per heavy atom. The van der Waals surface area contributed by atoms with Gasteiger partial charge in [-0.1, -0.05) is 31.2 Å². The van der Waals surface area contributed by atoms with Gasteiger partial charge in [0, 0.05) is 17.3 Å². The summed E-state index contributed by atoms with van der Waals surface area (Å²) in [6, 6.07) is 7.09. The van der Waals surface area contributed by atoms with E-state index in [1.807, 2.05) is 0 Å². The second kappa shape index (κ2) is 6.05. The number of nitrogens with two attached hydrogens (primary N) is 1. The summed E-state index contributed by atoms with van der Waals surface area (Å²) in [5.74, 6) is 0. The average molecular weight is 244 g/mol. The van der Waals surface area contributed by atoms with Crippen molar-refractivity contribution in [1.29, 1.82) is 0 Å². The Hall–Kier alpha value is -1.28. The molecule has 1 aromatic carbocycles. The number of hydrogen-bond donors (Lipinski definition) is 2. The van der Waals surface area contributed by atoms with E-state index in [2.05, 4.69) is 37.0 Å². The first-order valence-electron chi connectivity index (χ1n) is 6.95. The van der Waals surface area contributed by atoms with Crippen molar-refractivity contribution in [3.63, 3.8) is 0 Å². The van der Waals surface area contributed by atoms with Crippen LogP contribution in [0.4, 0.5) is 0 Å². The van der Waals surface area contributed by atoms with Gasteiger partial charge < -0.3 is 11.1 Å². The molecule has 2 heteroatoms. The largest absolute Gasteiger partial charge is 0.399 e. The zero-order valence-electron chi connectivity index (χ0n) is 11.3. The number of piperidine rings is 1. The Bertz CT molecular complexity index is 417. The fourth-order valence-electron chi connectivity index (χ4n) is 2.90. The van der Waals surface area contributed by atoms with Gasteiger partial charge in [0.05, 0.1) is 0 Å². The molecule has 1 saturated heterocycles. The lowest BCUT2D eigenvalue weighted by atomic mass is 9.93. The summed E-state index contributed by atoms with van der Waals surface area (Å²) in [4.78, 5) is 0. The zero-order chi connectivity index (χ0) is 13.0. The maximum atomic E-state index is 5.91. The van der Waals surface area contributed by atoms with Gasteiger partial charge in [0.15, 0.2) is 0 Å². The topological polar surface area (TPSA) is 38.0 Å². The molecule has 2 nitrogen and oxygen atoms in total. The van der Waals surface area contributed by atoms with Gasteiger partial charge in [0.2, 0.25) is 0 Å². The highest BCUT2D eigenvalue weighted by Crippen LogP contribution is 2.22. The van der Waals surface area contributed by atoms with Crippen LogP contribution in [0.1, 0.15) is 42.4 Å². The summed E-state index contributed by atoms with van der Waals surface area (Å²) in [5, 5.41) is 3.60. The molecule has 0 amide bonds. The number of aryl methyl sites for hydroxylation is 2. The second-order valence-corrected chi connectivity index (χ2v) is 5.32. The standard InChI is InChI=1S/C16H24N2/c1-12-6-5-7-14(16(12)13(2)17)9-10-15-8-3-4-11-18-15/h5-7,15,18H,2-4,8-11,17H2,1H3. The summed E-state index contributed by atoms with van der Waals surface area (Å²) in [5.41, 5.74) is 10.3. The van der Waals surface area contributed by atoms with Crippen molar-refractivity contribution >= 4 is 5.70 Å². The molecule has 1 atom stereocenters. The van der Waals surface area contributed by atoms with Crippen molar-refractivity contribution in [1.82, 2.24) is 5.32 Å². The number of rotatable bonds is 4. The quantitative estimate of drug-likeness (QED) is 0.854. The molecule has 1 aromatic rings. The van der Waals surface area contributed by atoms with Crippen molar-refractivity contribution in [3.8, 4) is 0 Å². The molecule has 1 unspecified atom stereocenters. The summed E-state index contributed by atoms with van der Waals surface area (Å²) < 4.78 is 0. The molecule has 0 bridgehead atoms. The van der Waals surface area contributed by atoms with Gasteiger partial charge >= 0.3 is 0 Å². The van der Waals surface area contributed by atoms with Crippen molar-refractivity contribution in [2.24, 2.45) is 5.73 Å². The SMILES string of the molecule is C=C(N)c1c(C)cccc1CCC1CCCCN1. The highest BCUT2D eigenvalue weighted by atomic mass is 14.9. The second-order valence-electron chi connectivity index (χ2n) is 5.32. The molecule has 98 valence electrons. The van der Waals surface area contributed by atoms with Crippen LogP contribution in [0.3, 0.4) is 0 Å². The lowest BCUT2D eigenvalue weighted by molar-refractivity contribution is 0.383. The fraction of sp³-hybridized carbons (Fsp3) is 0.500. The molecule has 1 heterocycles. The van der Waals surface area contributed by atoms with E-state index in [0.29, 0.717) is 11.7 Å². The van der Waals surface area contributed by atoms with E-state index in [1.165, 1.54) is 43.4 Å². The number of benzene rings is 1. The molecule has 18 heavy (non-hydrogen) atoms. The van der Waals surface area contributed by atoms with Gasteiger partial charge in [-0.3, -0.25) is 0 Å².